The number of phenolic OH excluding ortho intramolecular Hbond substituents is 1. The van der Waals surface area contributed by atoms with Crippen molar-refractivity contribution in [3.63, 3.8) is 0 Å². The summed E-state index contributed by atoms with van der Waals surface area (Å²) >= 11 is 0. The Hall–Kier alpha value is -3.28. The van der Waals surface area contributed by atoms with Crippen LogP contribution in [0, 0.1) is 0 Å². The predicted molar refractivity (Wildman–Crippen MR) is 93.3 cm³/mol. The zero-order valence-corrected chi connectivity index (χ0v) is 13.7. The van der Waals surface area contributed by atoms with Crippen LogP contribution in [0.25, 0.3) is 17.1 Å². The molecule has 25 heavy (non-hydrogen) atoms. The fourth-order valence-corrected chi connectivity index (χ4v) is 3.10. The molecule has 0 aliphatic carbocycles. The van der Waals surface area contributed by atoms with Gasteiger partial charge < -0.3 is 15.2 Å². The van der Waals surface area contributed by atoms with Gasteiger partial charge in [-0.3, -0.25) is 9.36 Å². The van der Waals surface area contributed by atoms with Crippen LogP contribution in [0.1, 0.15) is 15.9 Å². The van der Waals surface area contributed by atoms with Crippen LogP contribution in [0.3, 0.4) is 0 Å². The van der Waals surface area contributed by atoms with E-state index in [9.17, 15) is 9.90 Å². The number of imidazole rings is 1. The van der Waals surface area contributed by atoms with Crippen LogP contribution in [0.5, 0.6) is 11.5 Å². The zero-order chi connectivity index (χ0) is 17.4. The van der Waals surface area contributed by atoms with Crippen molar-refractivity contribution in [2.75, 3.05) is 13.7 Å². The van der Waals surface area contributed by atoms with E-state index in [2.05, 4.69) is 10.3 Å². The average Bonchev–Trinajstić information content (AvgIpc) is 3.11. The number of carbonyl (C=O) groups excluding carboxylic acids is 1. The first-order valence-corrected chi connectivity index (χ1v) is 7.99. The summed E-state index contributed by atoms with van der Waals surface area (Å²) in [6.45, 7) is 0.673. The molecule has 1 amide bonds. The number of methoxy groups -OCH3 is 1. The maximum atomic E-state index is 12.1. The second-order valence-electron chi connectivity index (χ2n) is 5.85. The van der Waals surface area contributed by atoms with Gasteiger partial charge in [0.15, 0.2) is 11.5 Å². The van der Waals surface area contributed by atoms with Crippen molar-refractivity contribution in [2.24, 2.45) is 0 Å². The van der Waals surface area contributed by atoms with Gasteiger partial charge in [0.05, 0.1) is 7.11 Å². The highest BCUT2D eigenvalue weighted by molar-refractivity contribution is 5.97. The predicted octanol–water partition coefficient (Wildman–Crippen LogP) is 2.54. The fourth-order valence-electron chi connectivity index (χ4n) is 3.10. The first kappa shape index (κ1) is 15.3. The molecule has 0 saturated heterocycles. The lowest BCUT2D eigenvalue weighted by molar-refractivity contribution is 0.0946. The number of nitrogens with zero attached hydrogens (tertiary/aromatic N) is 2. The third-order valence-corrected chi connectivity index (χ3v) is 4.37. The quantitative estimate of drug-likeness (QED) is 0.771. The Morgan fingerprint density at radius 3 is 2.92 bits per heavy atom. The Kier molecular flexibility index (Phi) is 3.65. The topological polar surface area (TPSA) is 76.4 Å². The average molecular weight is 335 g/mol. The molecular weight excluding hydrogens is 318 g/mol. The summed E-state index contributed by atoms with van der Waals surface area (Å²) in [5.41, 5.74) is 3.35. The van der Waals surface area contributed by atoms with Gasteiger partial charge in [-0.2, -0.15) is 0 Å². The highest BCUT2D eigenvalue weighted by atomic mass is 16.5. The third kappa shape index (κ3) is 2.61. The Morgan fingerprint density at radius 1 is 1.24 bits per heavy atom. The largest absolute Gasteiger partial charge is 0.504 e. The van der Waals surface area contributed by atoms with Gasteiger partial charge in [-0.25, -0.2) is 4.98 Å². The molecule has 0 spiro atoms. The van der Waals surface area contributed by atoms with Gasteiger partial charge in [-0.1, -0.05) is 6.07 Å². The standard InChI is InChI=1S/C19H17N3O3/c1-25-17-5-3-13(10-16(17)23)18-20-8-9-22(18)14-4-2-12-6-7-21-19(24)15(12)11-14/h2-5,8-11,23H,6-7H2,1H3,(H,21,24). The van der Waals surface area contributed by atoms with Crippen molar-refractivity contribution in [3.8, 4) is 28.6 Å². The molecule has 1 aliphatic rings. The number of aromatic hydroxyl groups is 1. The molecule has 6 heteroatoms. The summed E-state index contributed by atoms with van der Waals surface area (Å²) in [6.07, 6.45) is 4.36. The molecule has 126 valence electrons. The number of aromatic nitrogens is 2. The number of benzene rings is 2. The van der Waals surface area contributed by atoms with E-state index in [0.29, 0.717) is 23.7 Å². The molecule has 2 aromatic carbocycles. The van der Waals surface area contributed by atoms with Gasteiger partial charge in [0, 0.05) is 35.8 Å². The highest BCUT2D eigenvalue weighted by Crippen LogP contribution is 2.32. The number of nitrogens with one attached hydrogen (secondary N) is 1. The molecule has 1 aliphatic heterocycles. The molecule has 0 saturated carbocycles. The lowest BCUT2D eigenvalue weighted by Crippen LogP contribution is -2.31. The van der Waals surface area contributed by atoms with Crippen LogP contribution in [0.15, 0.2) is 48.8 Å². The number of phenols is 1. The number of rotatable bonds is 3. The second kappa shape index (κ2) is 5.98. The number of fused-ring (bicyclic) bond motifs is 1. The summed E-state index contributed by atoms with van der Waals surface area (Å²) in [5, 5.41) is 12.9. The Morgan fingerprint density at radius 2 is 2.12 bits per heavy atom. The zero-order valence-electron chi connectivity index (χ0n) is 13.7. The molecule has 1 aromatic heterocycles. The molecule has 4 rings (SSSR count). The lowest BCUT2D eigenvalue weighted by Gasteiger charge is -2.18. The molecular formula is C19H17N3O3. The Bertz CT molecular complexity index is 962. The van der Waals surface area contributed by atoms with Crippen LogP contribution < -0.4 is 10.1 Å². The van der Waals surface area contributed by atoms with E-state index in [1.54, 1.807) is 18.3 Å². The molecule has 0 fully saturated rings. The van der Waals surface area contributed by atoms with E-state index < -0.39 is 0 Å². The third-order valence-electron chi connectivity index (χ3n) is 4.37. The van der Waals surface area contributed by atoms with Crippen molar-refractivity contribution in [1.82, 2.24) is 14.9 Å². The Balaban J connectivity index is 1.79. The minimum absolute atomic E-state index is 0.0492. The van der Waals surface area contributed by atoms with Crippen LogP contribution in [-0.2, 0) is 6.42 Å². The van der Waals surface area contributed by atoms with E-state index in [1.165, 1.54) is 7.11 Å². The normalized spacial score (nSPS) is 13.2. The molecule has 6 nitrogen and oxygen atoms in total. The Labute approximate surface area is 144 Å². The van der Waals surface area contributed by atoms with Crippen molar-refractivity contribution < 1.29 is 14.6 Å². The molecule has 2 N–H and O–H groups in total. The number of amides is 1. The van der Waals surface area contributed by atoms with Crippen molar-refractivity contribution in [1.29, 1.82) is 0 Å². The van der Waals surface area contributed by atoms with Gasteiger partial charge in [0.2, 0.25) is 0 Å². The van der Waals surface area contributed by atoms with E-state index in [1.807, 2.05) is 35.0 Å². The lowest BCUT2D eigenvalue weighted by atomic mass is 9.99. The summed E-state index contributed by atoms with van der Waals surface area (Å²) in [4.78, 5) is 16.5. The van der Waals surface area contributed by atoms with Crippen LogP contribution in [0.4, 0.5) is 0 Å². The van der Waals surface area contributed by atoms with Gasteiger partial charge in [0.1, 0.15) is 5.82 Å². The van der Waals surface area contributed by atoms with Crippen LogP contribution in [0.2, 0.25) is 0 Å². The molecule has 0 unspecified atom stereocenters. The maximum absolute atomic E-state index is 12.1. The van der Waals surface area contributed by atoms with Gasteiger partial charge in [-0.15, -0.1) is 0 Å². The van der Waals surface area contributed by atoms with Crippen molar-refractivity contribution >= 4 is 5.91 Å². The summed E-state index contributed by atoms with van der Waals surface area (Å²) < 4.78 is 6.98. The van der Waals surface area contributed by atoms with Crippen molar-refractivity contribution in [2.45, 2.75) is 6.42 Å². The number of ether oxygens (including phenoxy) is 1. The number of hydrogen-bond donors (Lipinski definition) is 2. The SMILES string of the molecule is COc1ccc(-c2nccn2-c2ccc3c(c2)C(=O)NCC3)cc1O. The first-order chi connectivity index (χ1) is 12.2. The monoisotopic (exact) mass is 335 g/mol. The van der Waals surface area contributed by atoms with Gasteiger partial charge in [0.25, 0.3) is 5.91 Å². The van der Waals surface area contributed by atoms with E-state index in [4.69, 9.17) is 4.74 Å². The fraction of sp³-hybridized carbons (Fsp3) is 0.158. The van der Waals surface area contributed by atoms with E-state index >= 15 is 0 Å². The number of hydrogen-bond acceptors (Lipinski definition) is 4. The van der Waals surface area contributed by atoms with Crippen LogP contribution in [-0.4, -0.2) is 34.2 Å². The summed E-state index contributed by atoms with van der Waals surface area (Å²) in [5.74, 6) is 1.09. The minimum Gasteiger partial charge on any atom is -0.504 e. The molecule has 0 atom stereocenters. The minimum atomic E-state index is -0.0492. The van der Waals surface area contributed by atoms with Gasteiger partial charge in [-0.05, 0) is 42.3 Å². The number of carbonyl (C=O) groups is 1. The van der Waals surface area contributed by atoms with E-state index in [-0.39, 0.29) is 11.7 Å². The molecule has 0 bridgehead atoms. The van der Waals surface area contributed by atoms with Crippen molar-refractivity contribution in [3.05, 3.63) is 59.9 Å². The first-order valence-electron chi connectivity index (χ1n) is 7.99. The van der Waals surface area contributed by atoms with Crippen LogP contribution >= 0.6 is 0 Å². The summed E-state index contributed by atoms with van der Waals surface area (Å²) in [6, 6.07) is 11.0. The van der Waals surface area contributed by atoms with E-state index in [0.717, 1.165) is 23.2 Å². The molecule has 3 aromatic rings. The summed E-state index contributed by atoms with van der Waals surface area (Å²) in [7, 11) is 1.51. The van der Waals surface area contributed by atoms with Gasteiger partial charge >= 0.3 is 0 Å². The highest BCUT2D eigenvalue weighted by Gasteiger charge is 2.18. The smallest absolute Gasteiger partial charge is 0.251 e. The molecule has 2 heterocycles. The second-order valence-corrected chi connectivity index (χ2v) is 5.85. The maximum Gasteiger partial charge on any atom is 0.251 e. The molecule has 0 radical (unpaired) electrons.